The van der Waals surface area contributed by atoms with Crippen molar-refractivity contribution in [1.82, 2.24) is 0 Å². The number of rotatable bonds is 7. The maximum absolute atomic E-state index is 11.4. The van der Waals surface area contributed by atoms with Crippen molar-refractivity contribution in [3.63, 3.8) is 0 Å². The Morgan fingerprint density at radius 1 is 0.929 bits per heavy atom. The molecular weight excluding hydrogens is 368 g/mol. The minimum absolute atomic E-state index is 0.0320. The number of aromatic hydroxyl groups is 2. The maximum atomic E-state index is 11.4. The van der Waals surface area contributed by atoms with Crippen LogP contribution in [0.2, 0.25) is 0 Å². The first-order valence-electron chi connectivity index (χ1n) is 7.91. The van der Waals surface area contributed by atoms with Gasteiger partial charge in [-0.3, -0.25) is 0 Å². The molecule has 8 nitrogen and oxygen atoms in total. The average Bonchev–Trinajstić information content (AvgIpc) is 2.65. The van der Waals surface area contributed by atoms with Crippen LogP contribution in [0.5, 0.6) is 23.0 Å². The SMILES string of the molecule is COc1cc(/C(=C/C(=O)O)c2cc(/C=C/C(=O)O)cc(OC)c2O)ccc1O. The van der Waals surface area contributed by atoms with Crippen molar-refractivity contribution >= 4 is 23.6 Å². The molecule has 0 unspecified atom stereocenters. The molecule has 8 heteroatoms. The van der Waals surface area contributed by atoms with Gasteiger partial charge >= 0.3 is 11.9 Å². The molecule has 0 aliphatic rings. The summed E-state index contributed by atoms with van der Waals surface area (Å²) >= 11 is 0. The molecule has 0 fully saturated rings. The molecule has 0 aromatic heterocycles. The lowest BCUT2D eigenvalue weighted by atomic mass is 9.94. The van der Waals surface area contributed by atoms with Gasteiger partial charge in [0.2, 0.25) is 0 Å². The molecule has 0 heterocycles. The Morgan fingerprint density at radius 2 is 1.61 bits per heavy atom. The second-order valence-corrected chi connectivity index (χ2v) is 5.57. The third kappa shape index (κ3) is 4.61. The number of aliphatic carboxylic acids is 2. The summed E-state index contributed by atoms with van der Waals surface area (Å²) in [5.74, 6) is -2.76. The van der Waals surface area contributed by atoms with E-state index in [-0.39, 0.29) is 34.1 Å². The molecule has 2 aromatic rings. The van der Waals surface area contributed by atoms with E-state index in [9.17, 15) is 24.9 Å². The molecule has 0 spiro atoms. The van der Waals surface area contributed by atoms with Gasteiger partial charge < -0.3 is 29.9 Å². The van der Waals surface area contributed by atoms with Crippen LogP contribution in [0.15, 0.2) is 42.5 Å². The summed E-state index contributed by atoms with van der Waals surface area (Å²) in [7, 11) is 2.66. The summed E-state index contributed by atoms with van der Waals surface area (Å²) in [6.07, 6.45) is 3.06. The van der Waals surface area contributed by atoms with Crippen LogP contribution in [0.1, 0.15) is 16.7 Å². The summed E-state index contributed by atoms with van der Waals surface area (Å²) in [4.78, 5) is 22.2. The fraction of sp³-hybridized carbons (Fsp3) is 0.100. The van der Waals surface area contributed by atoms with Crippen LogP contribution in [-0.4, -0.2) is 46.6 Å². The van der Waals surface area contributed by atoms with E-state index >= 15 is 0 Å². The van der Waals surface area contributed by atoms with Crippen molar-refractivity contribution in [2.45, 2.75) is 0 Å². The fourth-order valence-corrected chi connectivity index (χ4v) is 2.54. The van der Waals surface area contributed by atoms with Crippen molar-refractivity contribution in [2.75, 3.05) is 14.2 Å². The number of hydrogen-bond donors (Lipinski definition) is 4. The molecule has 28 heavy (non-hydrogen) atoms. The van der Waals surface area contributed by atoms with Gasteiger partial charge in [-0.05, 0) is 41.5 Å². The summed E-state index contributed by atoms with van der Waals surface area (Å²) < 4.78 is 10.2. The molecule has 4 N–H and O–H groups in total. The Kier molecular flexibility index (Phi) is 6.28. The van der Waals surface area contributed by atoms with Crippen molar-refractivity contribution in [2.24, 2.45) is 0 Å². The van der Waals surface area contributed by atoms with Crippen LogP contribution in [0.4, 0.5) is 0 Å². The predicted molar refractivity (Wildman–Crippen MR) is 101 cm³/mol. The molecule has 2 aromatic carbocycles. The predicted octanol–water partition coefficient (Wildman–Crippen LogP) is 2.73. The molecule has 0 radical (unpaired) electrons. The van der Waals surface area contributed by atoms with Crippen LogP contribution in [0.3, 0.4) is 0 Å². The number of phenols is 2. The standard InChI is InChI=1S/C20H18O8/c1-27-16-9-12(4-5-15(16)21)13(10-19(24)25)14-7-11(3-6-18(22)23)8-17(28-2)20(14)26/h3-10,21,26H,1-2H3,(H,22,23)(H,24,25)/b6-3+,13-10-. The highest BCUT2D eigenvalue weighted by Gasteiger charge is 2.18. The Bertz CT molecular complexity index is 972. The quantitative estimate of drug-likeness (QED) is 0.534. The molecule has 0 aliphatic carbocycles. The van der Waals surface area contributed by atoms with Gasteiger partial charge in [0, 0.05) is 23.3 Å². The van der Waals surface area contributed by atoms with Crippen LogP contribution >= 0.6 is 0 Å². The first-order valence-corrected chi connectivity index (χ1v) is 7.91. The lowest BCUT2D eigenvalue weighted by Gasteiger charge is -2.15. The number of carbonyl (C=O) groups is 2. The zero-order valence-electron chi connectivity index (χ0n) is 15.0. The zero-order chi connectivity index (χ0) is 20.8. The number of carboxylic acid groups (broad SMARTS) is 2. The highest BCUT2D eigenvalue weighted by atomic mass is 16.5. The van der Waals surface area contributed by atoms with Gasteiger partial charge in [-0.15, -0.1) is 0 Å². The van der Waals surface area contributed by atoms with Gasteiger partial charge in [-0.2, -0.15) is 0 Å². The van der Waals surface area contributed by atoms with Gasteiger partial charge in [-0.25, -0.2) is 9.59 Å². The third-order valence-corrected chi connectivity index (χ3v) is 3.78. The van der Waals surface area contributed by atoms with E-state index < -0.39 is 11.9 Å². The van der Waals surface area contributed by atoms with Crippen molar-refractivity contribution in [3.05, 3.63) is 59.2 Å². The lowest BCUT2D eigenvalue weighted by molar-refractivity contribution is -0.132. The molecular formula is C20H18O8. The van der Waals surface area contributed by atoms with Crippen molar-refractivity contribution < 1.29 is 39.5 Å². The molecule has 146 valence electrons. The third-order valence-electron chi connectivity index (χ3n) is 3.78. The van der Waals surface area contributed by atoms with Gasteiger partial charge in [0.05, 0.1) is 14.2 Å². The van der Waals surface area contributed by atoms with E-state index in [0.717, 1.165) is 12.2 Å². The molecule has 0 saturated carbocycles. The number of ether oxygens (including phenoxy) is 2. The highest BCUT2D eigenvalue weighted by Crippen LogP contribution is 2.40. The Balaban J connectivity index is 2.75. The number of hydrogen-bond acceptors (Lipinski definition) is 6. The maximum Gasteiger partial charge on any atom is 0.328 e. The van der Waals surface area contributed by atoms with Crippen molar-refractivity contribution in [3.8, 4) is 23.0 Å². The summed E-state index contributed by atoms with van der Waals surface area (Å²) in [6.45, 7) is 0. The van der Waals surface area contributed by atoms with E-state index in [1.165, 1.54) is 50.6 Å². The number of methoxy groups -OCH3 is 2. The largest absolute Gasteiger partial charge is 0.504 e. The van der Waals surface area contributed by atoms with E-state index in [0.29, 0.717) is 11.1 Å². The van der Waals surface area contributed by atoms with E-state index in [2.05, 4.69) is 0 Å². The topological polar surface area (TPSA) is 134 Å². The Hall–Kier alpha value is -3.94. The molecule has 0 saturated heterocycles. The molecule has 2 rings (SSSR count). The second-order valence-electron chi connectivity index (χ2n) is 5.57. The zero-order valence-corrected chi connectivity index (χ0v) is 15.0. The van der Waals surface area contributed by atoms with E-state index in [1.807, 2.05) is 0 Å². The Labute approximate surface area is 160 Å². The van der Waals surface area contributed by atoms with Crippen LogP contribution in [0, 0.1) is 0 Å². The molecule has 0 bridgehead atoms. The fourth-order valence-electron chi connectivity index (χ4n) is 2.54. The normalized spacial score (nSPS) is 11.4. The Morgan fingerprint density at radius 3 is 2.18 bits per heavy atom. The van der Waals surface area contributed by atoms with E-state index in [4.69, 9.17) is 14.6 Å². The second kappa shape index (κ2) is 8.63. The van der Waals surface area contributed by atoms with Gasteiger partial charge in [-0.1, -0.05) is 6.07 Å². The number of phenolic OH excluding ortho intramolecular Hbond substituents is 2. The van der Waals surface area contributed by atoms with Gasteiger partial charge in [0.15, 0.2) is 23.0 Å². The molecule has 0 atom stereocenters. The summed E-state index contributed by atoms with van der Waals surface area (Å²) in [5, 5.41) is 38.4. The smallest absolute Gasteiger partial charge is 0.328 e. The molecule has 0 aliphatic heterocycles. The molecule has 0 amide bonds. The van der Waals surface area contributed by atoms with Gasteiger partial charge in [0.1, 0.15) is 0 Å². The van der Waals surface area contributed by atoms with E-state index in [1.54, 1.807) is 0 Å². The van der Waals surface area contributed by atoms with Crippen LogP contribution < -0.4 is 9.47 Å². The van der Waals surface area contributed by atoms with Crippen LogP contribution in [0.25, 0.3) is 11.6 Å². The first kappa shape index (κ1) is 20.4. The number of carboxylic acids is 2. The monoisotopic (exact) mass is 386 g/mol. The summed E-state index contributed by atoms with van der Waals surface area (Å²) in [5.41, 5.74) is 0.912. The summed E-state index contributed by atoms with van der Waals surface area (Å²) in [6, 6.07) is 7.03. The average molecular weight is 386 g/mol. The van der Waals surface area contributed by atoms with Gasteiger partial charge in [0.25, 0.3) is 0 Å². The van der Waals surface area contributed by atoms with Crippen molar-refractivity contribution in [1.29, 1.82) is 0 Å². The minimum Gasteiger partial charge on any atom is -0.504 e. The van der Waals surface area contributed by atoms with Crippen LogP contribution in [-0.2, 0) is 9.59 Å². The minimum atomic E-state index is -1.27. The lowest BCUT2D eigenvalue weighted by Crippen LogP contribution is -1.98. The highest BCUT2D eigenvalue weighted by molar-refractivity contribution is 5.97. The first-order chi connectivity index (χ1) is 13.3. The number of benzene rings is 2.